The number of benzene rings is 2. The van der Waals surface area contributed by atoms with E-state index in [0.29, 0.717) is 10.6 Å². The molecule has 6 heteroatoms. The average molecular weight is 415 g/mol. The zero-order valence-electron chi connectivity index (χ0n) is 14.3. The van der Waals surface area contributed by atoms with E-state index in [9.17, 15) is 0 Å². The highest BCUT2D eigenvalue weighted by Crippen LogP contribution is 2.25. The van der Waals surface area contributed by atoms with E-state index in [2.05, 4.69) is 76.3 Å². The van der Waals surface area contributed by atoms with Gasteiger partial charge < -0.3 is 0 Å². The molecule has 0 unspecified atom stereocenters. The Hall–Kier alpha value is -2.05. The molecule has 0 aliphatic rings. The summed E-state index contributed by atoms with van der Waals surface area (Å²) >= 11 is 8.84. The van der Waals surface area contributed by atoms with Gasteiger partial charge in [0.15, 0.2) is 5.82 Å². The van der Waals surface area contributed by atoms with E-state index in [1.807, 2.05) is 24.3 Å². The molecule has 0 aliphatic carbocycles. The molecule has 1 heterocycles. The molecule has 0 spiro atoms. The van der Waals surface area contributed by atoms with Gasteiger partial charge in [-0.15, -0.1) is 0 Å². The second kappa shape index (κ2) is 7.06. The Morgan fingerprint density at radius 2 is 1.80 bits per heavy atom. The topological polar surface area (TPSA) is 46.0 Å². The fourth-order valence-electron chi connectivity index (χ4n) is 2.40. The van der Waals surface area contributed by atoms with E-state index in [-0.39, 0.29) is 5.41 Å². The van der Waals surface area contributed by atoms with Gasteiger partial charge >= 0.3 is 0 Å². The Morgan fingerprint density at radius 1 is 1.12 bits per heavy atom. The van der Waals surface area contributed by atoms with Crippen LogP contribution in [0.4, 0.5) is 0 Å². The molecular weight excluding hydrogens is 396 g/mol. The first-order chi connectivity index (χ1) is 11.9. The van der Waals surface area contributed by atoms with Gasteiger partial charge in [-0.3, -0.25) is 0 Å². The van der Waals surface area contributed by atoms with Crippen LogP contribution in [0.25, 0.3) is 11.4 Å². The molecule has 0 atom stereocenters. The Bertz CT molecular complexity index is 962. The molecule has 1 aromatic heterocycles. The summed E-state index contributed by atoms with van der Waals surface area (Å²) in [5.41, 5.74) is 3.32. The van der Waals surface area contributed by atoms with Gasteiger partial charge in [-0.2, -0.15) is 14.9 Å². The molecular formula is C19H19BrN4S. The summed E-state index contributed by atoms with van der Waals surface area (Å²) < 4.78 is 3.07. The zero-order chi connectivity index (χ0) is 18.0. The SMILES string of the molecule is CC(C)(C)c1ccc(-c2n[nH]c(=S)n2/N=C/c2ccccc2Br)cc1. The zero-order valence-corrected chi connectivity index (χ0v) is 16.7. The Labute approximate surface area is 160 Å². The molecule has 0 radical (unpaired) electrons. The quantitative estimate of drug-likeness (QED) is 0.450. The van der Waals surface area contributed by atoms with Crippen LogP contribution < -0.4 is 0 Å². The van der Waals surface area contributed by atoms with Crippen molar-refractivity contribution in [3.8, 4) is 11.4 Å². The number of hydrogen-bond acceptors (Lipinski definition) is 3. The fraction of sp³-hybridized carbons (Fsp3) is 0.211. The predicted molar refractivity (Wildman–Crippen MR) is 109 cm³/mol. The molecule has 0 saturated carbocycles. The molecule has 0 fully saturated rings. The van der Waals surface area contributed by atoms with Crippen LogP contribution in [-0.4, -0.2) is 21.1 Å². The molecule has 3 aromatic rings. The highest BCUT2D eigenvalue weighted by molar-refractivity contribution is 9.10. The van der Waals surface area contributed by atoms with Crippen molar-refractivity contribution in [3.05, 3.63) is 68.9 Å². The average Bonchev–Trinajstić information content (AvgIpc) is 2.94. The Kier molecular flexibility index (Phi) is 5.01. The lowest BCUT2D eigenvalue weighted by Gasteiger charge is -2.18. The van der Waals surface area contributed by atoms with Crippen molar-refractivity contribution in [2.24, 2.45) is 5.10 Å². The lowest BCUT2D eigenvalue weighted by molar-refractivity contribution is 0.590. The van der Waals surface area contributed by atoms with Crippen LogP contribution in [0.5, 0.6) is 0 Å². The van der Waals surface area contributed by atoms with Crippen molar-refractivity contribution in [2.75, 3.05) is 0 Å². The van der Waals surface area contributed by atoms with Crippen LogP contribution in [0.15, 0.2) is 58.1 Å². The summed E-state index contributed by atoms with van der Waals surface area (Å²) in [6, 6.07) is 16.2. The van der Waals surface area contributed by atoms with E-state index in [1.54, 1.807) is 10.9 Å². The predicted octanol–water partition coefficient (Wildman–Crippen LogP) is 5.55. The van der Waals surface area contributed by atoms with Gasteiger partial charge in [-0.05, 0) is 29.3 Å². The Balaban J connectivity index is 1.97. The maximum atomic E-state index is 5.33. The number of aromatic amines is 1. The number of nitrogens with one attached hydrogen (secondary N) is 1. The summed E-state index contributed by atoms with van der Waals surface area (Å²) in [4.78, 5) is 0. The monoisotopic (exact) mass is 414 g/mol. The van der Waals surface area contributed by atoms with Crippen molar-refractivity contribution in [3.63, 3.8) is 0 Å². The first-order valence-electron chi connectivity index (χ1n) is 7.93. The van der Waals surface area contributed by atoms with E-state index >= 15 is 0 Å². The van der Waals surface area contributed by atoms with Crippen molar-refractivity contribution >= 4 is 34.4 Å². The van der Waals surface area contributed by atoms with Gasteiger partial charge in [0.05, 0.1) is 6.21 Å². The largest absolute Gasteiger partial charge is 0.250 e. The smallest absolute Gasteiger partial charge is 0.216 e. The third-order valence-corrected chi connectivity index (χ3v) is 4.86. The minimum atomic E-state index is 0.112. The van der Waals surface area contributed by atoms with Gasteiger partial charge in [0.1, 0.15) is 0 Å². The number of aromatic nitrogens is 3. The van der Waals surface area contributed by atoms with Crippen LogP contribution >= 0.6 is 28.1 Å². The lowest BCUT2D eigenvalue weighted by Crippen LogP contribution is -2.10. The fourth-order valence-corrected chi connectivity index (χ4v) is 2.97. The lowest BCUT2D eigenvalue weighted by atomic mass is 9.87. The van der Waals surface area contributed by atoms with Gasteiger partial charge in [-0.1, -0.05) is 79.2 Å². The first kappa shape index (κ1) is 17.8. The van der Waals surface area contributed by atoms with Gasteiger partial charge in [0, 0.05) is 15.6 Å². The second-order valence-corrected chi connectivity index (χ2v) is 8.00. The summed E-state index contributed by atoms with van der Waals surface area (Å²) in [6.07, 6.45) is 1.77. The first-order valence-corrected chi connectivity index (χ1v) is 9.13. The van der Waals surface area contributed by atoms with E-state index < -0.39 is 0 Å². The highest BCUT2D eigenvalue weighted by Gasteiger charge is 2.14. The number of nitrogens with zero attached hydrogens (tertiary/aromatic N) is 3. The van der Waals surface area contributed by atoms with Crippen molar-refractivity contribution < 1.29 is 0 Å². The molecule has 25 heavy (non-hydrogen) atoms. The van der Waals surface area contributed by atoms with Crippen LogP contribution in [0.3, 0.4) is 0 Å². The minimum absolute atomic E-state index is 0.112. The summed E-state index contributed by atoms with van der Waals surface area (Å²) in [5, 5.41) is 11.7. The van der Waals surface area contributed by atoms with Gasteiger partial charge in [0.2, 0.25) is 4.77 Å². The minimum Gasteiger partial charge on any atom is -0.250 e. The third kappa shape index (κ3) is 3.96. The van der Waals surface area contributed by atoms with E-state index in [1.165, 1.54) is 5.56 Å². The molecule has 0 saturated heterocycles. The summed E-state index contributed by atoms with van der Waals surface area (Å²) in [6.45, 7) is 6.58. The Morgan fingerprint density at radius 3 is 2.44 bits per heavy atom. The molecule has 0 bridgehead atoms. The third-order valence-electron chi connectivity index (χ3n) is 3.88. The van der Waals surface area contributed by atoms with Crippen molar-refractivity contribution in [1.82, 2.24) is 14.9 Å². The van der Waals surface area contributed by atoms with E-state index in [0.717, 1.165) is 15.6 Å². The summed E-state index contributed by atoms with van der Waals surface area (Å²) in [7, 11) is 0. The molecule has 0 aliphatic heterocycles. The second-order valence-electron chi connectivity index (χ2n) is 6.76. The number of hydrogen-bond donors (Lipinski definition) is 1. The molecule has 128 valence electrons. The summed E-state index contributed by atoms with van der Waals surface area (Å²) in [5.74, 6) is 0.689. The molecule has 4 nitrogen and oxygen atoms in total. The highest BCUT2D eigenvalue weighted by atomic mass is 79.9. The van der Waals surface area contributed by atoms with E-state index in [4.69, 9.17) is 12.2 Å². The maximum Gasteiger partial charge on any atom is 0.216 e. The molecule has 0 amide bonds. The van der Waals surface area contributed by atoms with Crippen molar-refractivity contribution in [1.29, 1.82) is 0 Å². The standard InChI is InChI=1S/C19H19BrN4S/c1-19(2,3)15-10-8-13(9-11-15)17-22-23-18(25)24(17)21-12-14-6-4-5-7-16(14)20/h4-12H,1-3H3,(H,23,25)/b21-12+. The molecule has 2 aromatic carbocycles. The molecule has 3 rings (SSSR count). The number of H-pyrrole nitrogens is 1. The number of rotatable bonds is 3. The van der Waals surface area contributed by atoms with Crippen LogP contribution in [0.2, 0.25) is 0 Å². The van der Waals surface area contributed by atoms with Crippen LogP contribution in [-0.2, 0) is 5.41 Å². The maximum absolute atomic E-state index is 5.33. The number of halogens is 1. The van der Waals surface area contributed by atoms with Gasteiger partial charge in [-0.25, -0.2) is 5.10 Å². The van der Waals surface area contributed by atoms with Crippen LogP contribution in [0, 0.1) is 4.77 Å². The van der Waals surface area contributed by atoms with Gasteiger partial charge in [0.25, 0.3) is 0 Å². The van der Waals surface area contributed by atoms with Crippen LogP contribution in [0.1, 0.15) is 31.9 Å². The normalized spacial score (nSPS) is 12.0. The molecule has 1 N–H and O–H groups in total. The van der Waals surface area contributed by atoms with Crippen molar-refractivity contribution in [2.45, 2.75) is 26.2 Å².